The summed E-state index contributed by atoms with van der Waals surface area (Å²) in [5.41, 5.74) is 3.22. The summed E-state index contributed by atoms with van der Waals surface area (Å²) in [5, 5.41) is 3.47. The lowest BCUT2D eigenvalue weighted by atomic mass is 10.2. The zero-order valence-electron chi connectivity index (χ0n) is 10.5. The van der Waals surface area contributed by atoms with Crippen molar-refractivity contribution in [1.82, 2.24) is 14.5 Å². The molecule has 2 rings (SSSR count). The van der Waals surface area contributed by atoms with Gasteiger partial charge in [-0.15, -0.1) is 0 Å². The lowest BCUT2D eigenvalue weighted by molar-refractivity contribution is 0.618. The van der Waals surface area contributed by atoms with Gasteiger partial charge in [0, 0.05) is 42.1 Å². The van der Waals surface area contributed by atoms with Crippen molar-refractivity contribution in [3.63, 3.8) is 0 Å². The predicted octanol–water partition coefficient (Wildman–Crippen LogP) is 2.40. The molecule has 0 fully saturated rings. The fourth-order valence-corrected chi connectivity index (χ4v) is 1.96. The molecule has 0 aliphatic carbocycles. The summed E-state index contributed by atoms with van der Waals surface area (Å²) in [7, 11) is 0. The topological polar surface area (TPSA) is 42.7 Å². The van der Waals surface area contributed by atoms with E-state index in [2.05, 4.69) is 38.9 Å². The number of hydrogen-bond acceptors (Lipinski definition) is 3. The molecule has 1 atom stereocenters. The second-order valence-corrected chi connectivity index (χ2v) is 4.44. The number of imidazole rings is 1. The SMILES string of the molecule is Cc1cc(NC(C)Cn2ccnc2)cc(C)n1. The Hall–Kier alpha value is -1.84. The van der Waals surface area contributed by atoms with E-state index in [1.54, 1.807) is 6.20 Å². The van der Waals surface area contributed by atoms with E-state index >= 15 is 0 Å². The third-order valence-electron chi connectivity index (χ3n) is 2.54. The summed E-state index contributed by atoms with van der Waals surface area (Å²) < 4.78 is 2.07. The van der Waals surface area contributed by atoms with Crippen molar-refractivity contribution in [1.29, 1.82) is 0 Å². The lowest BCUT2D eigenvalue weighted by Crippen LogP contribution is -2.21. The Morgan fingerprint density at radius 3 is 2.59 bits per heavy atom. The molecule has 0 aromatic carbocycles. The van der Waals surface area contributed by atoms with Gasteiger partial charge in [0.2, 0.25) is 0 Å². The Balaban J connectivity index is 2.00. The Kier molecular flexibility index (Phi) is 3.42. The van der Waals surface area contributed by atoms with Gasteiger partial charge in [0.15, 0.2) is 0 Å². The Morgan fingerprint density at radius 1 is 1.29 bits per heavy atom. The van der Waals surface area contributed by atoms with Crippen LogP contribution >= 0.6 is 0 Å². The molecule has 0 saturated heterocycles. The van der Waals surface area contributed by atoms with Crippen molar-refractivity contribution in [3.8, 4) is 0 Å². The molecule has 0 bridgehead atoms. The summed E-state index contributed by atoms with van der Waals surface area (Å²) in [6, 6.07) is 4.49. The molecular formula is C13H18N4. The van der Waals surface area contributed by atoms with Crippen LogP contribution in [-0.4, -0.2) is 20.6 Å². The van der Waals surface area contributed by atoms with Crippen LogP contribution in [0.3, 0.4) is 0 Å². The molecule has 17 heavy (non-hydrogen) atoms. The maximum Gasteiger partial charge on any atom is 0.0946 e. The summed E-state index contributed by atoms with van der Waals surface area (Å²) in [5.74, 6) is 0. The van der Waals surface area contributed by atoms with Crippen LogP contribution in [0.15, 0.2) is 30.9 Å². The molecule has 0 aliphatic heterocycles. The van der Waals surface area contributed by atoms with Crippen LogP contribution in [0.4, 0.5) is 5.69 Å². The minimum Gasteiger partial charge on any atom is -0.381 e. The van der Waals surface area contributed by atoms with E-state index in [1.807, 2.05) is 26.4 Å². The van der Waals surface area contributed by atoms with E-state index < -0.39 is 0 Å². The number of hydrogen-bond donors (Lipinski definition) is 1. The summed E-state index contributed by atoms with van der Waals surface area (Å²) in [6.07, 6.45) is 5.61. The summed E-state index contributed by atoms with van der Waals surface area (Å²) >= 11 is 0. The van der Waals surface area contributed by atoms with Crippen LogP contribution < -0.4 is 5.32 Å². The molecule has 1 N–H and O–H groups in total. The molecule has 2 aromatic heterocycles. The third kappa shape index (κ3) is 3.31. The van der Waals surface area contributed by atoms with Gasteiger partial charge in [0.1, 0.15) is 0 Å². The largest absolute Gasteiger partial charge is 0.381 e. The van der Waals surface area contributed by atoms with Gasteiger partial charge < -0.3 is 9.88 Å². The minimum atomic E-state index is 0.352. The Labute approximate surface area is 102 Å². The normalized spacial score (nSPS) is 12.4. The van der Waals surface area contributed by atoms with Crippen molar-refractivity contribution < 1.29 is 0 Å². The van der Waals surface area contributed by atoms with Crippen molar-refractivity contribution in [3.05, 3.63) is 42.2 Å². The highest BCUT2D eigenvalue weighted by Crippen LogP contribution is 2.12. The number of aromatic nitrogens is 3. The molecule has 2 aromatic rings. The number of aryl methyl sites for hydroxylation is 2. The molecule has 2 heterocycles. The molecule has 0 spiro atoms. The zero-order chi connectivity index (χ0) is 12.3. The lowest BCUT2D eigenvalue weighted by Gasteiger charge is -2.16. The van der Waals surface area contributed by atoms with Crippen LogP contribution in [0, 0.1) is 13.8 Å². The molecule has 4 heteroatoms. The van der Waals surface area contributed by atoms with E-state index in [4.69, 9.17) is 0 Å². The molecule has 0 aliphatic rings. The maximum absolute atomic E-state index is 4.36. The standard InChI is InChI=1S/C13H18N4/c1-10-6-13(7-11(2)15-10)16-12(3)8-17-5-4-14-9-17/h4-7,9,12H,8H2,1-3H3,(H,15,16). The maximum atomic E-state index is 4.36. The predicted molar refractivity (Wildman–Crippen MR) is 69.0 cm³/mol. The first-order valence-electron chi connectivity index (χ1n) is 5.81. The zero-order valence-corrected chi connectivity index (χ0v) is 10.5. The molecule has 0 amide bonds. The average molecular weight is 230 g/mol. The van der Waals surface area contributed by atoms with Gasteiger partial charge in [-0.2, -0.15) is 0 Å². The summed E-state index contributed by atoms with van der Waals surface area (Å²) in [6.45, 7) is 7.09. The van der Waals surface area contributed by atoms with Gasteiger partial charge in [-0.25, -0.2) is 4.98 Å². The second kappa shape index (κ2) is 4.99. The molecule has 0 saturated carbocycles. The van der Waals surface area contributed by atoms with Crippen molar-refractivity contribution in [2.24, 2.45) is 0 Å². The Morgan fingerprint density at radius 2 is 2.00 bits per heavy atom. The van der Waals surface area contributed by atoms with E-state index in [-0.39, 0.29) is 0 Å². The van der Waals surface area contributed by atoms with E-state index in [9.17, 15) is 0 Å². The van der Waals surface area contributed by atoms with Crippen LogP contribution in [-0.2, 0) is 6.54 Å². The first kappa shape index (κ1) is 11.6. The van der Waals surface area contributed by atoms with E-state index in [0.29, 0.717) is 6.04 Å². The van der Waals surface area contributed by atoms with Gasteiger partial charge in [-0.1, -0.05) is 0 Å². The van der Waals surface area contributed by atoms with E-state index in [1.165, 1.54) is 0 Å². The highest BCUT2D eigenvalue weighted by atomic mass is 15.1. The molecule has 90 valence electrons. The first-order valence-corrected chi connectivity index (χ1v) is 5.81. The molecule has 4 nitrogen and oxygen atoms in total. The summed E-state index contributed by atoms with van der Waals surface area (Å²) in [4.78, 5) is 8.40. The number of nitrogens with one attached hydrogen (secondary N) is 1. The smallest absolute Gasteiger partial charge is 0.0946 e. The monoisotopic (exact) mass is 230 g/mol. The van der Waals surface area contributed by atoms with Gasteiger partial charge in [0.05, 0.1) is 6.33 Å². The number of anilines is 1. The van der Waals surface area contributed by atoms with Crippen molar-refractivity contribution in [2.75, 3.05) is 5.32 Å². The van der Waals surface area contributed by atoms with Crippen molar-refractivity contribution >= 4 is 5.69 Å². The first-order chi connectivity index (χ1) is 8.13. The van der Waals surface area contributed by atoms with Gasteiger partial charge >= 0.3 is 0 Å². The van der Waals surface area contributed by atoms with E-state index in [0.717, 1.165) is 23.6 Å². The molecule has 0 radical (unpaired) electrons. The van der Waals surface area contributed by atoms with Gasteiger partial charge in [-0.05, 0) is 32.9 Å². The molecular weight excluding hydrogens is 212 g/mol. The second-order valence-electron chi connectivity index (χ2n) is 4.44. The fourth-order valence-electron chi connectivity index (χ4n) is 1.96. The minimum absolute atomic E-state index is 0.352. The van der Waals surface area contributed by atoms with Gasteiger partial charge in [0.25, 0.3) is 0 Å². The number of rotatable bonds is 4. The highest BCUT2D eigenvalue weighted by Gasteiger charge is 2.04. The quantitative estimate of drug-likeness (QED) is 0.877. The number of nitrogens with zero attached hydrogens (tertiary/aromatic N) is 3. The Bertz CT molecular complexity index is 456. The fraction of sp³-hybridized carbons (Fsp3) is 0.385. The average Bonchev–Trinajstić information content (AvgIpc) is 2.67. The number of pyridine rings is 1. The van der Waals surface area contributed by atoms with Crippen LogP contribution in [0.25, 0.3) is 0 Å². The third-order valence-corrected chi connectivity index (χ3v) is 2.54. The van der Waals surface area contributed by atoms with Crippen LogP contribution in [0.5, 0.6) is 0 Å². The molecule has 1 unspecified atom stereocenters. The van der Waals surface area contributed by atoms with Gasteiger partial charge in [-0.3, -0.25) is 4.98 Å². The highest BCUT2D eigenvalue weighted by molar-refractivity contribution is 5.45. The van der Waals surface area contributed by atoms with Crippen LogP contribution in [0.1, 0.15) is 18.3 Å². The van der Waals surface area contributed by atoms with Crippen molar-refractivity contribution in [2.45, 2.75) is 33.4 Å². The van der Waals surface area contributed by atoms with Crippen LogP contribution in [0.2, 0.25) is 0 Å².